The van der Waals surface area contributed by atoms with Gasteiger partial charge in [0.1, 0.15) is 47.5 Å². The molecule has 11 heteroatoms. The van der Waals surface area contributed by atoms with Crippen molar-refractivity contribution < 1.29 is 23.8 Å². The van der Waals surface area contributed by atoms with Crippen molar-refractivity contribution in [3.63, 3.8) is 0 Å². The number of anilines is 1. The summed E-state index contributed by atoms with van der Waals surface area (Å²) in [6.07, 6.45) is 0.441. The predicted molar refractivity (Wildman–Crippen MR) is 135 cm³/mol. The van der Waals surface area contributed by atoms with Gasteiger partial charge in [0.25, 0.3) is 0 Å². The van der Waals surface area contributed by atoms with Gasteiger partial charge in [0, 0.05) is 16.9 Å². The van der Waals surface area contributed by atoms with Crippen molar-refractivity contribution in [1.29, 1.82) is 5.26 Å². The van der Waals surface area contributed by atoms with Crippen LogP contribution in [0.1, 0.15) is 11.3 Å². The van der Waals surface area contributed by atoms with E-state index in [0.717, 1.165) is 0 Å². The number of nitriles is 1. The maximum absolute atomic E-state index is 13.5. The molecule has 0 fully saturated rings. The Balaban J connectivity index is 1.60. The summed E-state index contributed by atoms with van der Waals surface area (Å²) in [5.74, 6) is 0.575. The highest BCUT2D eigenvalue weighted by Gasteiger charge is 2.21. The summed E-state index contributed by atoms with van der Waals surface area (Å²) in [6, 6.07) is 14.6. The zero-order valence-electron chi connectivity index (χ0n) is 19.3. The standard InChI is InChI=1S/C26H20FN5O4S/c1-30-23-22(15-5-7-20(8-6-15)35-13-19(34)11-33)21(10-28)26(32-24(23)29)37-14-18-12-36-25(31-18)16-3-2-4-17(27)9-16/h2-9,12,19,33-34H,11,13-14H2,(H2,29,32)/t19-/m0/s1. The number of thioether (sulfide) groups is 1. The van der Waals surface area contributed by atoms with Gasteiger partial charge in [0.2, 0.25) is 11.6 Å². The number of hydrogen-bond donors (Lipinski definition) is 3. The smallest absolute Gasteiger partial charge is 0.236 e. The molecule has 2 aromatic heterocycles. The van der Waals surface area contributed by atoms with Gasteiger partial charge in [-0.05, 0) is 35.9 Å². The van der Waals surface area contributed by atoms with Gasteiger partial charge >= 0.3 is 0 Å². The van der Waals surface area contributed by atoms with Crippen molar-refractivity contribution >= 4 is 23.3 Å². The third-order valence-corrected chi connectivity index (χ3v) is 6.17. The quantitative estimate of drug-likeness (QED) is 0.215. The van der Waals surface area contributed by atoms with Crippen LogP contribution in [0.2, 0.25) is 0 Å². The summed E-state index contributed by atoms with van der Waals surface area (Å²) in [7, 11) is 0. The Hall–Kier alpha value is -4.42. The van der Waals surface area contributed by atoms with Gasteiger partial charge in [-0.3, -0.25) is 0 Å². The Morgan fingerprint density at radius 3 is 2.68 bits per heavy atom. The van der Waals surface area contributed by atoms with E-state index in [1.54, 1.807) is 36.4 Å². The van der Waals surface area contributed by atoms with Crippen molar-refractivity contribution in [3.05, 3.63) is 83.3 Å². The van der Waals surface area contributed by atoms with E-state index >= 15 is 0 Å². The van der Waals surface area contributed by atoms with Gasteiger partial charge < -0.3 is 25.1 Å². The lowest BCUT2D eigenvalue weighted by Gasteiger charge is -2.14. The fourth-order valence-corrected chi connectivity index (χ4v) is 4.28. The van der Waals surface area contributed by atoms with Gasteiger partial charge in [0.15, 0.2) is 0 Å². The van der Waals surface area contributed by atoms with E-state index in [1.165, 1.54) is 30.2 Å². The second-order valence-corrected chi connectivity index (χ2v) is 8.70. The van der Waals surface area contributed by atoms with Crippen LogP contribution in [0.25, 0.3) is 27.4 Å². The first-order valence-corrected chi connectivity index (χ1v) is 11.9. The highest BCUT2D eigenvalue weighted by molar-refractivity contribution is 7.98. The molecule has 0 saturated carbocycles. The number of hydrogen-bond acceptors (Lipinski definition) is 9. The minimum Gasteiger partial charge on any atom is -0.491 e. The van der Waals surface area contributed by atoms with Crippen LogP contribution in [0.4, 0.5) is 15.9 Å². The number of benzene rings is 2. The molecule has 4 rings (SSSR count). The Morgan fingerprint density at radius 2 is 2.00 bits per heavy atom. The van der Waals surface area contributed by atoms with E-state index in [9.17, 15) is 14.8 Å². The maximum Gasteiger partial charge on any atom is 0.236 e. The Morgan fingerprint density at radius 1 is 1.22 bits per heavy atom. The second-order valence-electron chi connectivity index (χ2n) is 7.74. The summed E-state index contributed by atoms with van der Waals surface area (Å²) in [5.41, 5.74) is 8.28. The minimum absolute atomic E-state index is 0.0153. The summed E-state index contributed by atoms with van der Waals surface area (Å²) >= 11 is 1.21. The van der Waals surface area contributed by atoms with E-state index in [0.29, 0.717) is 33.2 Å². The largest absolute Gasteiger partial charge is 0.491 e. The number of nitrogens with two attached hydrogens (primary N) is 1. The number of ether oxygens (including phenoxy) is 1. The molecule has 0 unspecified atom stereocenters. The molecule has 4 aromatic rings. The zero-order valence-corrected chi connectivity index (χ0v) is 20.1. The monoisotopic (exact) mass is 517 g/mol. The van der Waals surface area contributed by atoms with Crippen LogP contribution in [0.3, 0.4) is 0 Å². The van der Waals surface area contributed by atoms with Gasteiger partial charge in [-0.25, -0.2) is 19.2 Å². The zero-order chi connectivity index (χ0) is 26.4. The first kappa shape index (κ1) is 25.7. The number of rotatable bonds is 9. The summed E-state index contributed by atoms with van der Waals surface area (Å²) in [6.45, 7) is 7.09. The van der Waals surface area contributed by atoms with E-state index < -0.39 is 18.5 Å². The fourth-order valence-electron chi connectivity index (χ4n) is 3.41. The SMILES string of the molecule is [C-]#[N+]c1c(N)nc(SCc2coc(-c3cccc(F)c3)n2)c(C#N)c1-c1ccc(OC[C@@H](O)CO)cc1. The average molecular weight is 518 g/mol. The van der Waals surface area contributed by atoms with Crippen molar-refractivity contribution in [3.8, 4) is 34.4 Å². The third-order valence-electron chi connectivity index (χ3n) is 5.17. The highest BCUT2D eigenvalue weighted by Crippen LogP contribution is 2.42. The molecule has 37 heavy (non-hydrogen) atoms. The molecule has 0 aliphatic carbocycles. The number of aliphatic hydroxyl groups excluding tert-OH is 2. The number of aliphatic hydroxyl groups is 2. The van der Waals surface area contributed by atoms with E-state index in [1.807, 2.05) is 0 Å². The number of nitrogens with zero attached hydrogens (tertiary/aromatic N) is 4. The number of nitrogen functional groups attached to an aromatic ring is 1. The van der Waals surface area contributed by atoms with E-state index in [4.69, 9.17) is 26.6 Å². The normalized spacial score (nSPS) is 11.5. The molecule has 186 valence electrons. The maximum atomic E-state index is 13.5. The first-order valence-electron chi connectivity index (χ1n) is 10.9. The molecular weight excluding hydrogens is 497 g/mol. The molecule has 4 N–H and O–H groups in total. The van der Waals surface area contributed by atoms with Crippen LogP contribution in [0, 0.1) is 23.7 Å². The molecule has 0 aliphatic heterocycles. The number of oxazole rings is 1. The van der Waals surface area contributed by atoms with Crippen LogP contribution in [-0.2, 0) is 5.75 Å². The molecule has 0 spiro atoms. The minimum atomic E-state index is -1.01. The highest BCUT2D eigenvalue weighted by atomic mass is 32.2. The molecule has 0 radical (unpaired) electrons. The van der Waals surface area contributed by atoms with Gasteiger partial charge in [-0.15, -0.1) is 0 Å². The summed E-state index contributed by atoms with van der Waals surface area (Å²) < 4.78 is 24.4. The molecule has 0 aliphatic rings. The fraction of sp³-hybridized carbons (Fsp3) is 0.154. The van der Waals surface area contributed by atoms with Crippen molar-refractivity contribution in [2.75, 3.05) is 18.9 Å². The summed E-state index contributed by atoms with van der Waals surface area (Å²) in [5, 5.41) is 28.7. The molecule has 2 heterocycles. The Kier molecular flexibility index (Phi) is 8.01. The number of aromatic nitrogens is 2. The molecule has 9 nitrogen and oxygen atoms in total. The molecule has 0 saturated heterocycles. The lowest BCUT2D eigenvalue weighted by molar-refractivity contribution is 0.0536. The second kappa shape index (κ2) is 11.5. The van der Waals surface area contributed by atoms with Gasteiger partial charge in [-0.2, -0.15) is 5.26 Å². The lowest BCUT2D eigenvalue weighted by atomic mass is 10.00. The Labute approximate surface area is 215 Å². The Bertz CT molecular complexity index is 1490. The topological polar surface area (TPSA) is 143 Å². The van der Waals surface area contributed by atoms with Gasteiger partial charge in [-0.1, -0.05) is 30.0 Å². The molecule has 1 atom stereocenters. The van der Waals surface area contributed by atoms with Crippen molar-refractivity contribution in [2.45, 2.75) is 16.9 Å². The predicted octanol–water partition coefficient (Wildman–Crippen LogP) is 4.57. The van der Waals surface area contributed by atoms with E-state index in [-0.39, 0.29) is 35.3 Å². The number of halogens is 1. The molecule has 0 amide bonds. The molecule has 2 aromatic carbocycles. The van der Waals surface area contributed by atoms with Gasteiger partial charge in [0.05, 0.1) is 24.4 Å². The van der Waals surface area contributed by atoms with Crippen molar-refractivity contribution in [1.82, 2.24) is 9.97 Å². The van der Waals surface area contributed by atoms with Crippen LogP contribution in [0.5, 0.6) is 5.75 Å². The van der Waals surface area contributed by atoms with Crippen LogP contribution < -0.4 is 10.5 Å². The lowest BCUT2D eigenvalue weighted by Crippen LogP contribution is -2.21. The average Bonchev–Trinajstić information content (AvgIpc) is 3.39. The van der Waals surface area contributed by atoms with Crippen LogP contribution >= 0.6 is 11.8 Å². The first-order chi connectivity index (χ1) is 17.9. The van der Waals surface area contributed by atoms with E-state index in [2.05, 4.69) is 20.9 Å². The molecule has 0 bridgehead atoms. The van der Waals surface area contributed by atoms with Crippen LogP contribution in [0.15, 0.2) is 64.2 Å². The third kappa shape index (κ3) is 5.88. The van der Waals surface area contributed by atoms with Crippen molar-refractivity contribution in [2.24, 2.45) is 0 Å². The van der Waals surface area contributed by atoms with Crippen LogP contribution in [-0.4, -0.2) is 39.5 Å². The molecular formula is C26H20FN5O4S. The number of pyridine rings is 1. The summed E-state index contributed by atoms with van der Waals surface area (Å²) in [4.78, 5) is 12.2.